The van der Waals surface area contributed by atoms with Crippen molar-refractivity contribution in [3.05, 3.63) is 84.0 Å². The molecule has 10 heteroatoms. The van der Waals surface area contributed by atoms with Crippen molar-refractivity contribution in [1.29, 1.82) is 0 Å². The van der Waals surface area contributed by atoms with Crippen LogP contribution < -0.4 is 4.74 Å². The molecule has 2 aromatic heterocycles. The second-order valence-corrected chi connectivity index (χ2v) is 8.24. The minimum Gasteiger partial charge on any atom is -0.492 e. The normalized spacial score (nSPS) is 10.9. The molecular weight excluding hydrogens is 484 g/mol. The number of benzene rings is 2. The van der Waals surface area contributed by atoms with Crippen LogP contribution in [0.1, 0.15) is 0 Å². The summed E-state index contributed by atoms with van der Waals surface area (Å²) < 4.78 is 7.74. The molecule has 0 saturated heterocycles. The van der Waals surface area contributed by atoms with E-state index in [1.165, 1.54) is 0 Å². The van der Waals surface area contributed by atoms with Gasteiger partial charge in [-0.2, -0.15) is 5.10 Å². The summed E-state index contributed by atoms with van der Waals surface area (Å²) in [4.78, 5) is 25.8. The highest BCUT2D eigenvalue weighted by molar-refractivity contribution is 6.30. The molecule has 186 valence electrons. The van der Waals surface area contributed by atoms with Crippen molar-refractivity contribution in [3.8, 4) is 22.7 Å². The Labute approximate surface area is 212 Å². The number of ether oxygens (including phenoxy) is 1. The molecule has 0 fully saturated rings. The van der Waals surface area contributed by atoms with Gasteiger partial charge in [-0.1, -0.05) is 29.8 Å². The molecule has 0 radical (unpaired) electrons. The lowest BCUT2D eigenvalue weighted by Crippen LogP contribution is -2.19. The lowest BCUT2D eigenvalue weighted by atomic mass is 10.1. The van der Waals surface area contributed by atoms with E-state index < -0.39 is 11.9 Å². The van der Waals surface area contributed by atoms with Gasteiger partial charge < -0.3 is 19.8 Å². The third kappa shape index (κ3) is 7.39. The lowest BCUT2D eigenvalue weighted by molar-refractivity contribution is -0.134. The van der Waals surface area contributed by atoms with Crippen molar-refractivity contribution in [1.82, 2.24) is 19.7 Å². The van der Waals surface area contributed by atoms with Crippen LogP contribution in [0, 0.1) is 0 Å². The van der Waals surface area contributed by atoms with Crippen LogP contribution in [0.5, 0.6) is 5.75 Å². The van der Waals surface area contributed by atoms with Crippen molar-refractivity contribution in [3.63, 3.8) is 0 Å². The van der Waals surface area contributed by atoms with E-state index in [2.05, 4.69) is 9.88 Å². The second kappa shape index (κ2) is 12.5. The Balaban J connectivity index is 0.000000392. The van der Waals surface area contributed by atoms with Crippen molar-refractivity contribution < 1.29 is 24.5 Å². The van der Waals surface area contributed by atoms with Crippen LogP contribution in [0.15, 0.2) is 79.0 Å². The summed E-state index contributed by atoms with van der Waals surface area (Å²) in [6.45, 7) is 1.49. The highest BCUT2D eigenvalue weighted by atomic mass is 35.5. The van der Waals surface area contributed by atoms with Crippen molar-refractivity contribution >= 4 is 34.6 Å². The number of carbonyl (C=O) groups is 2. The maximum Gasteiger partial charge on any atom is 0.328 e. The molecule has 36 heavy (non-hydrogen) atoms. The zero-order valence-electron chi connectivity index (χ0n) is 19.7. The first-order valence-electron chi connectivity index (χ1n) is 10.9. The SMILES string of the molecule is CN(C)CCOc1cccc(-n2nc(-c3ccc(Cl)cc3)c3cccnc32)c1.O=C(O)/C=C\C(=O)O. The molecule has 0 aliphatic heterocycles. The van der Waals surface area contributed by atoms with Gasteiger partial charge in [0.2, 0.25) is 0 Å². The maximum atomic E-state index is 9.55. The molecule has 4 rings (SSSR count). The second-order valence-electron chi connectivity index (χ2n) is 7.80. The molecule has 0 saturated carbocycles. The summed E-state index contributed by atoms with van der Waals surface area (Å²) >= 11 is 6.04. The maximum absolute atomic E-state index is 9.55. The number of halogens is 1. The van der Waals surface area contributed by atoms with E-state index in [1.54, 1.807) is 6.20 Å². The number of carboxylic acid groups (broad SMARTS) is 2. The Kier molecular flexibility index (Phi) is 9.15. The van der Waals surface area contributed by atoms with Crippen LogP contribution in [-0.4, -0.2) is 69.1 Å². The fraction of sp³-hybridized carbons (Fsp3) is 0.154. The lowest BCUT2D eigenvalue weighted by Gasteiger charge is -2.12. The highest BCUT2D eigenvalue weighted by Crippen LogP contribution is 2.30. The van der Waals surface area contributed by atoms with Crippen LogP contribution in [0.3, 0.4) is 0 Å². The molecule has 2 aromatic carbocycles. The average Bonchev–Trinajstić information content (AvgIpc) is 3.23. The molecule has 0 bridgehead atoms. The Hall–Kier alpha value is -4.21. The monoisotopic (exact) mass is 508 g/mol. The van der Waals surface area contributed by atoms with E-state index in [-0.39, 0.29) is 0 Å². The molecular formula is C26H25ClN4O5. The number of carboxylic acids is 2. The Morgan fingerprint density at radius 2 is 1.72 bits per heavy atom. The van der Waals surface area contributed by atoms with E-state index in [9.17, 15) is 9.59 Å². The fourth-order valence-corrected chi connectivity index (χ4v) is 3.27. The van der Waals surface area contributed by atoms with E-state index in [4.69, 9.17) is 31.6 Å². The van der Waals surface area contributed by atoms with Gasteiger partial charge >= 0.3 is 11.9 Å². The van der Waals surface area contributed by atoms with Gasteiger partial charge in [-0.15, -0.1) is 0 Å². The highest BCUT2D eigenvalue weighted by Gasteiger charge is 2.14. The van der Waals surface area contributed by atoms with Crippen LogP contribution in [0.25, 0.3) is 28.0 Å². The topological polar surface area (TPSA) is 118 Å². The minimum absolute atomic E-state index is 0.558. The summed E-state index contributed by atoms with van der Waals surface area (Å²) in [5.41, 5.74) is 3.59. The summed E-state index contributed by atoms with van der Waals surface area (Å²) in [5.74, 6) is -1.70. The standard InChI is InChI=1S/C22H21ClN4O.C4H4O4/c1-26(2)13-14-28-19-6-3-5-18(15-19)27-22-20(7-4-12-24-22)21(25-27)16-8-10-17(23)11-9-16;5-3(6)1-2-4(7)8/h3-12,15H,13-14H2,1-2H3;1-2H,(H,5,6)(H,7,8)/b;2-1-. The molecule has 0 aliphatic rings. The Morgan fingerprint density at radius 1 is 1.03 bits per heavy atom. The number of hydrogen-bond donors (Lipinski definition) is 2. The average molecular weight is 509 g/mol. The number of rotatable bonds is 8. The Morgan fingerprint density at radius 3 is 2.36 bits per heavy atom. The van der Waals surface area contributed by atoms with Crippen LogP contribution >= 0.6 is 11.6 Å². The van der Waals surface area contributed by atoms with E-state index in [1.807, 2.05) is 79.4 Å². The molecule has 0 unspecified atom stereocenters. The molecule has 2 N–H and O–H groups in total. The number of pyridine rings is 1. The number of fused-ring (bicyclic) bond motifs is 1. The number of aromatic nitrogens is 3. The quantitative estimate of drug-likeness (QED) is 0.336. The number of nitrogens with zero attached hydrogens (tertiary/aromatic N) is 4. The number of hydrogen-bond acceptors (Lipinski definition) is 6. The first kappa shape index (κ1) is 26.4. The van der Waals surface area contributed by atoms with Gasteiger partial charge in [-0.05, 0) is 50.5 Å². The molecule has 4 aromatic rings. The predicted molar refractivity (Wildman–Crippen MR) is 138 cm³/mol. The zero-order chi connectivity index (χ0) is 26.1. The third-order valence-electron chi connectivity index (χ3n) is 4.80. The number of aliphatic carboxylic acids is 2. The minimum atomic E-state index is -1.26. The Bertz CT molecular complexity index is 1350. The van der Waals surface area contributed by atoms with Crippen LogP contribution in [0.4, 0.5) is 0 Å². The van der Waals surface area contributed by atoms with Crippen LogP contribution in [-0.2, 0) is 9.59 Å². The van der Waals surface area contributed by atoms with E-state index in [0.29, 0.717) is 23.8 Å². The largest absolute Gasteiger partial charge is 0.492 e. The van der Waals surface area contributed by atoms with E-state index in [0.717, 1.165) is 40.3 Å². The first-order chi connectivity index (χ1) is 17.2. The van der Waals surface area contributed by atoms with Crippen LogP contribution in [0.2, 0.25) is 5.02 Å². The van der Waals surface area contributed by atoms with Gasteiger partial charge in [0.15, 0.2) is 5.65 Å². The fourth-order valence-electron chi connectivity index (χ4n) is 3.15. The van der Waals surface area contributed by atoms with Gasteiger partial charge in [0.05, 0.1) is 5.69 Å². The molecule has 0 amide bonds. The van der Waals surface area contributed by atoms with Crippen molar-refractivity contribution in [2.75, 3.05) is 27.2 Å². The molecule has 0 spiro atoms. The summed E-state index contributed by atoms with van der Waals surface area (Å²) in [6, 6.07) is 19.6. The summed E-state index contributed by atoms with van der Waals surface area (Å²) in [6.07, 6.45) is 2.90. The first-order valence-corrected chi connectivity index (χ1v) is 11.2. The summed E-state index contributed by atoms with van der Waals surface area (Å²) in [7, 11) is 4.05. The van der Waals surface area contributed by atoms with Crippen molar-refractivity contribution in [2.45, 2.75) is 0 Å². The van der Waals surface area contributed by atoms with Gasteiger partial charge in [0, 0.05) is 46.9 Å². The van der Waals surface area contributed by atoms with Gasteiger partial charge in [0.25, 0.3) is 0 Å². The van der Waals surface area contributed by atoms with Gasteiger partial charge in [-0.3, -0.25) is 0 Å². The van der Waals surface area contributed by atoms with E-state index >= 15 is 0 Å². The third-order valence-corrected chi connectivity index (χ3v) is 5.05. The van der Waals surface area contributed by atoms with Gasteiger partial charge in [-0.25, -0.2) is 19.3 Å². The van der Waals surface area contributed by atoms with Gasteiger partial charge in [0.1, 0.15) is 18.1 Å². The smallest absolute Gasteiger partial charge is 0.328 e. The van der Waals surface area contributed by atoms with Crippen molar-refractivity contribution in [2.24, 2.45) is 0 Å². The summed E-state index contributed by atoms with van der Waals surface area (Å²) in [5, 5.41) is 22.2. The molecule has 0 aliphatic carbocycles. The molecule has 0 atom stereocenters. The molecule has 9 nitrogen and oxygen atoms in total. The number of likely N-dealkylation sites (N-methyl/N-ethyl adjacent to an activating group) is 1. The zero-order valence-corrected chi connectivity index (χ0v) is 20.5. The molecule has 2 heterocycles. The predicted octanol–water partition coefficient (Wildman–Crippen LogP) is 4.39.